The first-order valence-corrected chi connectivity index (χ1v) is 13.4. The fourth-order valence-electron chi connectivity index (χ4n) is 1.67. The third-order valence-electron chi connectivity index (χ3n) is 3.95. The molecule has 0 spiro atoms. The van der Waals surface area contributed by atoms with Gasteiger partial charge < -0.3 is 28.1 Å². The number of halogens is 6. The van der Waals surface area contributed by atoms with Gasteiger partial charge in [0.25, 0.3) is 0 Å². The molecule has 0 aliphatic heterocycles. The Morgan fingerprint density at radius 1 is 0.814 bits per heavy atom. The summed E-state index contributed by atoms with van der Waals surface area (Å²) in [6.45, 7) is 3.09. The van der Waals surface area contributed by atoms with Gasteiger partial charge in [-0.25, -0.2) is 31.2 Å². The Balaban J connectivity index is -0.000000347. The number of carbonyl (C=O) groups is 4. The number of carbonyl (C=O) groups excluding carboxylic acids is 4. The Labute approximate surface area is 286 Å². The first-order chi connectivity index (χ1) is 18.1. The van der Waals surface area contributed by atoms with E-state index in [0.717, 1.165) is 13.8 Å². The summed E-state index contributed by atoms with van der Waals surface area (Å²) >= 11 is 0. The summed E-state index contributed by atoms with van der Waals surface area (Å²) in [5, 5.41) is -9.79. The molecule has 0 aromatic heterocycles. The van der Waals surface area contributed by atoms with Crippen molar-refractivity contribution in [1.82, 2.24) is 0 Å². The van der Waals surface area contributed by atoms with E-state index < -0.39 is 98.8 Å². The number of hydrogen-bond acceptors (Lipinski definition) is 14. The molecule has 0 saturated heterocycles. The second kappa shape index (κ2) is 19.5. The van der Waals surface area contributed by atoms with Crippen molar-refractivity contribution in [2.45, 2.75) is 56.7 Å². The van der Waals surface area contributed by atoms with Crippen molar-refractivity contribution < 1.29 is 150 Å². The van der Waals surface area contributed by atoms with Crippen LogP contribution in [-0.2, 0) is 58.4 Å². The van der Waals surface area contributed by atoms with Gasteiger partial charge in [0, 0.05) is 5.57 Å². The third-order valence-corrected chi connectivity index (χ3v) is 5.65. The average Bonchev–Trinajstić information content (AvgIpc) is 2.81. The van der Waals surface area contributed by atoms with Crippen molar-refractivity contribution in [3.05, 3.63) is 12.2 Å². The molecule has 14 nitrogen and oxygen atoms in total. The van der Waals surface area contributed by atoms with Crippen LogP contribution in [0, 0.1) is 5.92 Å². The summed E-state index contributed by atoms with van der Waals surface area (Å²) in [7, 11) is -12.1. The van der Waals surface area contributed by atoms with Crippen molar-refractivity contribution in [2.75, 3.05) is 19.8 Å². The molecule has 1 atom stereocenters. The largest absolute Gasteiger partial charge is 1.00 e. The van der Waals surface area contributed by atoms with Gasteiger partial charge in [-0.1, -0.05) is 27.4 Å². The van der Waals surface area contributed by atoms with Crippen LogP contribution in [0.25, 0.3) is 0 Å². The monoisotopic (exact) mass is 700 g/mol. The molecule has 43 heavy (non-hydrogen) atoms. The van der Waals surface area contributed by atoms with Gasteiger partial charge in [-0.2, -0.15) is 26.3 Å². The maximum atomic E-state index is 13.7. The fourth-order valence-corrected chi connectivity index (χ4v) is 2.07. The Bertz CT molecular complexity index is 1190. The Hall–Kier alpha value is -0.980. The van der Waals surface area contributed by atoms with Gasteiger partial charge in [-0.3, -0.25) is 4.79 Å². The molecular weight excluding hydrogens is 676 g/mol. The topological polar surface area (TPSA) is 220 Å². The molecule has 0 heterocycles. The maximum absolute atomic E-state index is 13.7. The summed E-state index contributed by atoms with van der Waals surface area (Å²) in [4.78, 5) is 44.1. The number of alkyl halides is 6. The number of ether oxygens (including phenoxy) is 4. The molecule has 24 heteroatoms. The fraction of sp³-hybridized carbons (Fsp3) is 0.684. The van der Waals surface area contributed by atoms with Crippen LogP contribution in [0.4, 0.5) is 26.3 Å². The molecule has 0 aromatic carbocycles. The van der Waals surface area contributed by atoms with Crippen molar-refractivity contribution in [2.24, 2.45) is 5.92 Å². The minimum absolute atomic E-state index is 0. The van der Waals surface area contributed by atoms with Gasteiger partial charge in [-0.05, 0) is 13.3 Å². The van der Waals surface area contributed by atoms with Gasteiger partial charge in [-0.15, -0.1) is 0 Å². The van der Waals surface area contributed by atoms with E-state index >= 15 is 0 Å². The summed E-state index contributed by atoms with van der Waals surface area (Å²) in [6, 6.07) is 0. The predicted octanol–water partition coefficient (Wildman–Crippen LogP) is -4.92. The second-order valence-corrected chi connectivity index (χ2v) is 10.9. The van der Waals surface area contributed by atoms with Crippen LogP contribution >= 0.6 is 0 Å². The van der Waals surface area contributed by atoms with Crippen LogP contribution in [-0.4, -0.2) is 92.2 Å². The molecule has 0 fully saturated rings. The van der Waals surface area contributed by atoms with Gasteiger partial charge >= 0.3 is 99.4 Å². The van der Waals surface area contributed by atoms with E-state index in [4.69, 9.17) is 0 Å². The number of esters is 4. The van der Waals surface area contributed by atoms with Crippen LogP contribution in [0.3, 0.4) is 0 Å². The molecule has 240 valence electrons. The van der Waals surface area contributed by atoms with Crippen LogP contribution < -0.4 is 59.1 Å². The molecule has 0 aliphatic rings. The molecule has 0 bridgehead atoms. The molecule has 0 N–H and O–H groups in total. The van der Waals surface area contributed by atoms with E-state index in [0.29, 0.717) is 0 Å². The number of rotatable bonds is 14. The molecule has 0 radical (unpaired) electrons. The van der Waals surface area contributed by atoms with E-state index in [9.17, 15) is 71.5 Å². The zero-order valence-corrected chi connectivity index (χ0v) is 29.1. The first kappa shape index (κ1) is 48.9. The molecule has 1 unspecified atom stereocenters. The van der Waals surface area contributed by atoms with Gasteiger partial charge in [0.2, 0.25) is 0 Å². The molecule has 0 amide bonds. The minimum Gasteiger partial charge on any atom is -0.743 e. The first-order valence-electron chi connectivity index (χ1n) is 10.5. The predicted molar refractivity (Wildman–Crippen MR) is 117 cm³/mol. The van der Waals surface area contributed by atoms with Gasteiger partial charge in [0.05, 0.1) is 5.92 Å². The summed E-state index contributed by atoms with van der Waals surface area (Å²) in [5.74, 6) is -11.0. The maximum Gasteiger partial charge on any atom is 1.00 e. The van der Waals surface area contributed by atoms with Crippen molar-refractivity contribution in [3.8, 4) is 0 Å². The van der Waals surface area contributed by atoms with Crippen molar-refractivity contribution in [1.29, 1.82) is 0 Å². The van der Waals surface area contributed by atoms with Crippen molar-refractivity contribution in [3.63, 3.8) is 0 Å². The Morgan fingerprint density at radius 3 is 1.53 bits per heavy atom. The van der Waals surface area contributed by atoms with Gasteiger partial charge in [0.1, 0.15) is 0 Å². The Kier molecular flexibility index (Phi) is 22.2. The minimum atomic E-state index is -6.20. The Morgan fingerprint density at radius 2 is 1.21 bits per heavy atom. The van der Waals surface area contributed by atoms with E-state index in [-0.39, 0.29) is 64.7 Å². The molecule has 0 saturated carbocycles. The zero-order valence-electron chi connectivity index (χ0n) is 23.5. The molecule has 0 rings (SSSR count). The average molecular weight is 700 g/mol. The standard InChI is InChI=1S/C11H14F4O7S.C8H12F2O7S.2Na/c1-4-7(22-8(16)6(2)3)11(14,15)9(17)21-5-10(12,13)23(18,19)20;1-5(2)7(12)16-3-6(11)17-4-8(9,10)18(13,14)15;;/h7H,2,4-5H2,1,3H3,(H,18,19,20);5H,3-4H2,1-2H3,(H,13,14,15);;/q;;2*+1/p-2. The number of hydrogen-bond donors (Lipinski definition) is 0. The van der Waals surface area contributed by atoms with Crippen molar-refractivity contribution >= 4 is 44.1 Å². The summed E-state index contributed by atoms with van der Waals surface area (Å²) < 4.78 is 155. The SMILES string of the molecule is C=C(C)C(=O)OC(CC)C(F)(F)C(=O)OCC(F)(F)S(=O)(=O)[O-].CC(C)C(=O)OCC(=O)OCC(F)(F)S(=O)(=O)[O-].[Na+].[Na+]. The van der Waals surface area contributed by atoms with E-state index in [2.05, 4.69) is 25.5 Å². The summed E-state index contributed by atoms with van der Waals surface area (Å²) in [6.07, 6.45) is -2.94. The smallest absolute Gasteiger partial charge is 0.743 e. The molecule has 0 aromatic rings. The van der Waals surface area contributed by atoms with Crippen LogP contribution in [0.2, 0.25) is 0 Å². The molecule has 0 aliphatic carbocycles. The zero-order chi connectivity index (χ0) is 33.2. The third kappa shape index (κ3) is 17.3. The second-order valence-electron chi connectivity index (χ2n) is 7.89. The molecular formula is C19H24F6Na2O14S2. The summed E-state index contributed by atoms with van der Waals surface area (Å²) in [5.41, 5.74) is -0.253. The quantitative estimate of drug-likeness (QED) is 0.0414. The van der Waals surface area contributed by atoms with E-state index in [1.165, 1.54) is 13.8 Å². The normalized spacial score (nSPS) is 12.7. The van der Waals surface area contributed by atoms with Crippen LogP contribution in [0.15, 0.2) is 12.2 Å². The van der Waals surface area contributed by atoms with E-state index in [1.54, 1.807) is 0 Å². The van der Waals surface area contributed by atoms with Gasteiger partial charge in [0.15, 0.2) is 46.2 Å². The van der Waals surface area contributed by atoms with Crippen LogP contribution in [0.5, 0.6) is 0 Å². The van der Waals surface area contributed by atoms with E-state index in [1.807, 2.05) is 0 Å². The van der Waals surface area contributed by atoms with Crippen LogP contribution in [0.1, 0.15) is 34.1 Å².